The molecule has 0 aromatic heterocycles. The highest BCUT2D eigenvalue weighted by Gasteiger charge is 2.34. The largest absolute Gasteiger partial charge is 0.394 e. The Balaban J connectivity index is 1.53. The predicted molar refractivity (Wildman–Crippen MR) is 94.7 cm³/mol. The van der Waals surface area contributed by atoms with Crippen LogP contribution in [0.25, 0.3) is 0 Å². The summed E-state index contributed by atoms with van der Waals surface area (Å²) in [5.41, 5.74) is 0.219. The van der Waals surface area contributed by atoms with E-state index in [4.69, 9.17) is 9.47 Å². The number of nitrogens with zero attached hydrogens (tertiary/aromatic N) is 1. The maximum Gasteiger partial charge on any atom is 0.251 e. The Bertz CT molecular complexity index is 665. The number of rotatable bonds is 5. The second-order valence-electron chi connectivity index (χ2n) is 6.84. The highest BCUT2D eigenvalue weighted by atomic mass is 19.1. The van der Waals surface area contributed by atoms with Gasteiger partial charge in [0.05, 0.1) is 38.4 Å². The van der Waals surface area contributed by atoms with Crippen molar-refractivity contribution < 1.29 is 28.6 Å². The van der Waals surface area contributed by atoms with E-state index in [0.29, 0.717) is 39.1 Å². The Morgan fingerprint density at radius 2 is 2.04 bits per heavy atom. The van der Waals surface area contributed by atoms with Gasteiger partial charge in [-0.2, -0.15) is 0 Å². The molecule has 27 heavy (non-hydrogen) atoms. The van der Waals surface area contributed by atoms with Crippen molar-refractivity contribution >= 4 is 11.8 Å². The van der Waals surface area contributed by atoms with Crippen LogP contribution in [0.5, 0.6) is 0 Å². The van der Waals surface area contributed by atoms with E-state index < -0.39 is 17.8 Å². The number of ether oxygens (including phenoxy) is 2. The van der Waals surface area contributed by atoms with Crippen molar-refractivity contribution in [1.29, 1.82) is 0 Å². The normalized spacial score (nSPS) is 25.9. The molecule has 2 heterocycles. The Labute approximate surface area is 157 Å². The van der Waals surface area contributed by atoms with Gasteiger partial charge in [-0.05, 0) is 31.0 Å². The van der Waals surface area contributed by atoms with Crippen LogP contribution in [0.1, 0.15) is 29.6 Å². The number of halogens is 1. The summed E-state index contributed by atoms with van der Waals surface area (Å²) in [5.74, 6) is -0.880. The van der Waals surface area contributed by atoms with Crippen molar-refractivity contribution in [1.82, 2.24) is 10.2 Å². The van der Waals surface area contributed by atoms with E-state index in [2.05, 4.69) is 5.32 Å². The number of carbonyl (C=O) groups excluding carboxylic acids is 2. The van der Waals surface area contributed by atoms with Crippen LogP contribution in [0.4, 0.5) is 4.39 Å². The number of aliphatic hydroxyl groups is 1. The topological polar surface area (TPSA) is 88.1 Å². The van der Waals surface area contributed by atoms with Crippen molar-refractivity contribution in [3.8, 4) is 0 Å². The fourth-order valence-corrected chi connectivity index (χ4v) is 3.47. The zero-order chi connectivity index (χ0) is 19.2. The molecule has 0 unspecified atom stereocenters. The number of nitrogens with one attached hydrogen (secondary N) is 1. The fraction of sp³-hybridized carbons (Fsp3) is 0.579. The molecule has 8 heteroatoms. The lowest BCUT2D eigenvalue weighted by Crippen LogP contribution is -2.52. The maximum absolute atomic E-state index is 13.3. The molecule has 0 saturated carbocycles. The maximum atomic E-state index is 13.3. The third kappa shape index (κ3) is 5.24. The van der Waals surface area contributed by atoms with Crippen molar-refractivity contribution in [2.75, 3.05) is 32.9 Å². The van der Waals surface area contributed by atoms with Crippen LogP contribution in [0.15, 0.2) is 24.3 Å². The summed E-state index contributed by atoms with van der Waals surface area (Å²) in [5, 5.41) is 12.4. The first-order valence-electron chi connectivity index (χ1n) is 9.25. The number of hydrogen-bond donors (Lipinski definition) is 2. The number of morpholine rings is 1. The first kappa shape index (κ1) is 19.7. The lowest BCUT2D eigenvalue weighted by atomic mass is 9.96. The number of aliphatic hydroxyl groups excluding tert-OH is 1. The second kappa shape index (κ2) is 9.25. The van der Waals surface area contributed by atoms with Gasteiger partial charge in [-0.3, -0.25) is 9.59 Å². The summed E-state index contributed by atoms with van der Waals surface area (Å²) in [7, 11) is 0. The van der Waals surface area contributed by atoms with E-state index in [1.54, 1.807) is 4.90 Å². The smallest absolute Gasteiger partial charge is 0.251 e. The van der Waals surface area contributed by atoms with Crippen molar-refractivity contribution in [3.63, 3.8) is 0 Å². The van der Waals surface area contributed by atoms with Gasteiger partial charge in [0.1, 0.15) is 11.9 Å². The van der Waals surface area contributed by atoms with Crippen molar-refractivity contribution in [3.05, 3.63) is 35.6 Å². The molecular formula is C19H25FN2O5. The van der Waals surface area contributed by atoms with E-state index in [0.717, 1.165) is 6.07 Å². The molecule has 2 aliphatic heterocycles. The van der Waals surface area contributed by atoms with Crippen molar-refractivity contribution in [2.45, 2.75) is 37.5 Å². The van der Waals surface area contributed by atoms with Crippen LogP contribution in [-0.4, -0.2) is 73.0 Å². The minimum Gasteiger partial charge on any atom is -0.394 e. The highest BCUT2D eigenvalue weighted by Crippen LogP contribution is 2.23. The molecule has 3 rings (SSSR count). The van der Waals surface area contributed by atoms with E-state index in [1.807, 2.05) is 0 Å². The Kier molecular flexibility index (Phi) is 6.76. The molecule has 2 aliphatic rings. The summed E-state index contributed by atoms with van der Waals surface area (Å²) in [6.45, 7) is 1.99. The predicted octanol–water partition coefficient (Wildman–Crippen LogP) is 0.713. The standard InChI is InChI=1S/C19H25FN2O5/c20-14-3-1-2-13(10-14)19(25)21-16-5-4-15(27-17(16)12-23)11-18(24)22-6-8-26-9-7-22/h1-3,10,15-17,23H,4-9,11-12H2,(H,21,25)/t15-,16+,17-/m1/s1. The lowest BCUT2D eigenvalue weighted by molar-refractivity contribution is -0.143. The summed E-state index contributed by atoms with van der Waals surface area (Å²) in [6, 6.07) is 5.04. The van der Waals surface area contributed by atoms with Gasteiger partial charge < -0.3 is 24.8 Å². The molecule has 1 aromatic carbocycles. The molecular weight excluding hydrogens is 355 g/mol. The zero-order valence-corrected chi connectivity index (χ0v) is 15.1. The van der Waals surface area contributed by atoms with Gasteiger partial charge in [0, 0.05) is 18.7 Å². The average Bonchev–Trinajstić information content (AvgIpc) is 2.69. The van der Waals surface area contributed by atoms with E-state index in [-0.39, 0.29) is 36.6 Å². The molecule has 0 radical (unpaired) electrons. The first-order chi connectivity index (χ1) is 13.1. The van der Waals surface area contributed by atoms with E-state index >= 15 is 0 Å². The summed E-state index contributed by atoms with van der Waals surface area (Å²) >= 11 is 0. The fourth-order valence-electron chi connectivity index (χ4n) is 3.47. The number of carbonyl (C=O) groups is 2. The van der Waals surface area contributed by atoms with Crippen LogP contribution in [-0.2, 0) is 14.3 Å². The number of amides is 2. The Hall–Kier alpha value is -2.03. The molecule has 2 N–H and O–H groups in total. The minimum absolute atomic E-state index is 0.0160. The van der Waals surface area contributed by atoms with Crippen LogP contribution in [0.2, 0.25) is 0 Å². The molecule has 0 bridgehead atoms. The molecule has 2 saturated heterocycles. The molecule has 148 valence electrons. The first-order valence-corrected chi connectivity index (χ1v) is 9.25. The third-order valence-corrected chi connectivity index (χ3v) is 4.96. The van der Waals surface area contributed by atoms with Gasteiger partial charge in [-0.15, -0.1) is 0 Å². The minimum atomic E-state index is -0.598. The van der Waals surface area contributed by atoms with Crippen LogP contribution in [0, 0.1) is 5.82 Å². The van der Waals surface area contributed by atoms with Gasteiger partial charge in [0.2, 0.25) is 5.91 Å². The van der Waals surface area contributed by atoms with Crippen LogP contribution >= 0.6 is 0 Å². The zero-order valence-electron chi connectivity index (χ0n) is 15.1. The van der Waals surface area contributed by atoms with E-state index in [9.17, 15) is 19.1 Å². The molecule has 2 amide bonds. The molecule has 0 aliphatic carbocycles. The van der Waals surface area contributed by atoms with Gasteiger partial charge in [-0.25, -0.2) is 4.39 Å². The third-order valence-electron chi connectivity index (χ3n) is 4.96. The lowest BCUT2D eigenvalue weighted by Gasteiger charge is -2.37. The summed E-state index contributed by atoms with van der Waals surface area (Å²) in [4.78, 5) is 26.4. The molecule has 0 spiro atoms. The SMILES string of the molecule is O=C(N[C@H]1CC[C@H](CC(=O)N2CCOCC2)O[C@@H]1CO)c1cccc(F)c1. The second-order valence-corrected chi connectivity index (χ2v) is 6.84. The average molecular weight is 380 g/mol. The highest BCUT2D eigenvalue weighted by molar-refractivity contribution is 5.94. The van der Waals surface area contributed by atoms with Crippen molar-refractivity contribution in [2.24, 2.45) is 0 Å². The molecule has 3 atom stereocenters. The van der Waals surface area contributed by atoms with Crippen LogP contribution < -0.4 is 5.32 Å². The number of hydrogen-bond acceptors (Lipinski definition) is 5. The molecule has 1 aromatic rings. The summed E-state index contributed by atoms with van der Waals surface area (Å²) < 4.78 is 24.4. The quantitative estimate of drug-likeness (QED) is 0.786. The monoisotopic (exact) mass is 380 g/mol. The Morgan fingerprint density at radius 1 is 1.26 bits per heavy atom. The van der Waals surface area contributed by atoms with Gasteiger partial charge in [0.25, 0.3) is 5.91 Å². The summed E-state index contributed by atoms with van der Waals surface area (Å²) in [6.07, 6.45) is 0.535. The van der Waals surface area contributed by atoms with Crippen LogP contribution in [0.3, 0.4) is 0 Å². The number of benzene rings is 1. The van der Waals surface area contributed by atoms with Gasteiger partial charge in [0.15, 0.2) is 0 Å². The van der Waals surface area contributed by atoms with Gasteiger partial charge >= 0.3 is 0 Å². The Morgan fingerprint density at radius 3 is 2.74 bits per heavy atom. The molecule has 2 fully saturated rings. The van der Waals surface area contributed by atoms with Gasteiger partial charge in [-0.1, -0.05) is 6.07 Å². The van der Waals surface area contributed by atoms with E-state index in [1.165, 1.54) is 18.2 Å². The molecule has 7 nitrogen and oxygen atoms in total.